The maximum atomic E-state index is 6.29. The summed E-state index contributed by atoms with van der Waals surface area (Å²) in [6, 6.07) is 17.7. The van der Waals surface area contributed by atoms with Gasteiger partial charge in [0.15, 0.2) is 18.1 Å². The predicted molar refractivity (Wildman–Crippen MR) is 128 cm³/mol. The molecule has 2 atom stereocenters. The first kappa shape index (κ1) is 21.4. The van der Waals surface area contributed by atoms with Gasteiger partial charge in [0.2, 0.25) is 0 Å². The molecule has 3 aromatic rings. The van der Waals surface area contributed by atoms with E-state index in [0.29, 0.717) is 0 Å². The first-order chi connectivity index (χ1) is 15.7. The Hall–Kier alpha value is -3.87. The second-order valence-electron chi connectivity index (χ2n) is 7.05. The molecule has 0 saturated carbocycles. The number of allylic oxidation sites excluding steroid dienone is 1. The lowest BCUT2D eigenvalue weighted by molar-refractivity contribution is 0.260. The van der Waals surface area contributed by atoms with Crippen molar-refractivity contribution in [2.75, 3.05) is 7.11 Å². The highest BCUT2D eigenvalue weighted by molar-refractivity contribution is 6.10. The van der Waals surface area contributed by atoms with Gasteiger partial charge in [-0.3, -0.25) is 10.4 Å². The van der Waals surface area contributed by atoms with Gasteiger partial charge < -0.3 is 9.47 Å². The number of hydrogen-bond donors (Lipinski definition) is 1. The number of nitrogens with zero attached hydrogens (tertiary/aromatic N) is 4. The van der Waals surface area contributed by atoms with Crippen LogP contribution in [0.5, 0.6) is 11.5 Å². The van der Waals surface area contributed by atoms with Gasteiger partial charge in [0, 0.05) is 23.2 Å². The smallest absolute Gasteiger partial charge is 0.188 e. The van der Waals surface area contributed by atoms with E-state index in [9.17, 15) is 0 Å². The third-order valence-electron chi connectivity index (χ3n) is 5.11. The van der Waals surface area contributed by atoms with Gasteiger partial charge in [-0.15, -0.1) is 0 Å². The number of benzene rings is 2. The fourth-order valence-electron chi connectivity index (χ4n) is 3.56. The van der Waals surface area contributed by atoms with Crippen LogP contribution in [0.3, 0.4) is 0 Å². The van der Waals surface area contributed by atoms with E-state index in [-0.39, 0.29) is 12.3 Å². The molecule has 1 aromatic heterocycles. The molecule has 2 aromatic carbocycles. The monoisotopic (exact) mass is 429 g/mol. The molecule has 2 aliphatic rings. The quantitative estimate of drug-likeness (QED) is 0.644. The fourth-order valence-corrected chi connectivity index (χ4v) is 3.56. The maximum Gasteiger partial charge on any atom is 0.188 e. The van der Waals surface area contributed by atoms with Crippen molar-refractivity contribution in [3.8, 4) is 11.5 Å². The largest absolute Gasteiger partial charge is 0.497 e. The topological polar surface area (TPSA) is 71.3 Å². The van der Waals surface area contributed by atoms with Crippen molar-refractivity contribution in [3.63, 3.8) is 0 Å². The molecule has 5 rings (SSSR count). The summed E-state index contributed by atoms with van der Waals surface area (Å²) >= 11 is 0. The molecule has 0 saturated heterocycles. The van der Waals surface area contributed by atoms with Crippen molar-refractivity contribution < 1.29 is 9.47 Å². The molecule has 0 amide bonds. The first-order valence-electron chi connectivity index (χ1n) is 10.8. The molecule has 0 fully saturated rings. The van der Waals surface area contributed by atoms with Crippen molar-refractivity contribution in [2.24, 2.45) is 10.2 Å². The zero-order chi connectivity index (χ0) is 22.5. The summed E-state index contributed by atoms with van der Waals surface area (Å²) in [6.45, 7) is 5.97. The molecule has 7 heteroatoms. The SMILES string of the molecule is CC.COc1ccc2c(O[C@@H](C)C3=NNC4C=CC(c5ccccc5)=NN34)ccnc2c1. The van der Waals surface area contributed by atoms with E-state index < -0.39 is 0 Å². The molecule has 3 heterocycles. The summed E-state index contributed by atoms with van der Waals surface area (Å²) in [5.74, 6) is 2.22. The number of hydrogen-bond acceptors (Lipinski definition) is 7. The van der Waals surface area contributed by atoms with Crippen LogP contribution in [0.2, 0.25) is 0 Å². The van der Waals surface area contributed by atoms with Crippen LogP contribution < -0.4 is 14.9 Å². The Morgan fingerprint density at radius 2 is 1.88 bits per heavy atom. The molecule has 0 radical (unpaired) electrons. The summed E-state index contributed by atoms with van der Waals surface area (Å²) in [5, 5.41) is 12.1. The van der Waals surface area contributed by atoms with Crippen LogP contribution in [0, 0.1) is 0 Å². The summed E-state index contributed by atoms with van der Waals surface area (Å²) in [4.78, 5) is 4.42. The summed E-state index contributed by atoms with van der Waals surface area (Å²) in [6.07, 6.45) is 5.36. The third-order valence-corrected chi connectivity index (χ3v) is 5.11. The number of pyridine rings is 1. The molecule has 164 valence electrons. The molecular weight excluding hydrogens is 402 g/mol. The maximum absolute atomic E-state index is 6.29. The lowest BCUT2D eigenvalue weighted by atomic mass is 10.1. The standard InChI is InChI=1S/C23H21N5O2.C2H6/c1-15(30-21-12-13-24-20-14-17(29-2)8-9-18(20)21)23-26-25-22-11-10-19(27-28(22)23)16-6-4-3-5-7-16;1-2/h3-15,22,25H,1-2H3;1-2H3/t15-,22?;/m0./s1. The molecule has 2 aliphatic heterocycles. The number of ether oxygens (including phenoxy) is 2. The van der Waals surface area contributed by atoms with E-state index >= 15 is 0 Å². The molecule has 1 unspecified atom stereocenters. The van der Waals surface area contributed by atoms with Gasteiger partial charge in [0.1, 0.15) is 11.5 Å². The number of rotatable bonds is 5. The van der Waals surface area contributed by atoms with Crippen LogP contribution in [0.25, 0.3) is 10.9 Å². The predicted octanol–water partition coefficient (Wildman–Crippen LogP) is 4.56. The number of amidine groups is 1. The number of hydrazone groups is 2. The molecule has 0 aliphatic carbocycles. The Balaban J connectivity index is 0.00000119. The number of aromatic nitrogens is 1. The normalized spacial score (nSPS) is 17.4. The zero-order valence-corrected chi connectivity index (χ0v) is 18.7. The van der Waals surface area contributed by atoms with Crippen LogP contribution in [0.15, 0.2) is 83.1 Å². The van der Waals surface area contributed by atoms with Crippen LogP contribution in [-0.2, 0) is 0 Å². The van der Waals surface area contributed by atoms with Gasteiger partial charge in [0.05, 0.1) is 18.3 Å². The van der Waals surface area contributed by atoms with Crippen LogP contribution in [0.1, 0.15) is 26.3 Å². The molecule has 32 heavy (non-hydrogen) atoms. The number of nitrogens with one attached hydrogen (secondary N) is 1. The molecular formula is C25H27N5O2. The van der Waals surface area contributed by atoms with E-state index in [2.05, 4.69) is 15.5 Å². The Kier molecular flexibility index (Phi) is 6.35. The Bertz CT molecular complexity index is 1170. The number of fused-ring (bicyclic) bond motifs is 2. The minimum absolute atomic E-state index is 0.114. The highest BCUT2D eigenvalue weighted by Crippen LogP contribution is 2.29. The summed E-state index contributed by atoms with van der Waals surface area (Å²) in [7, 11) is 1.64. The van der Waals surface area contributed by atoms with Gasteiger partial charge in [-0.2, -0.15) is 10.2 Å². The minimum atomic E-state index is -0.317. The molecule has 0 spiro atoms. The van der Waals surface area contributed by atoms with Crippen molar-refractivity contribution in [3.05, 3.63) is 78.5 Å². The van der Waals surface area contributed by atoms with E-state index in [1.54, 1.807) is 13.3 Å². The Labute approximate surface area is 188 Å². The van der Waals surface area contributed by atoms with Crippen LogP contribution in [-0.4, -0.2) is 40.9 Å². The minimum Gasteiger partial charge on any atom is -0.497 e. The third kappa shape index (κ3) is 4.14. The van der Waals surface area contributed by atoms with Crippen LogP contribution in [0.4, 0.5) is 0 Å². The second kappa shape index (κ2) is 9.51. The van der Waals surface area contributed by atoms with Gasteiger partial charge >= 0.3 is 0 Å². The second-order valence-corrected chi connectivity index (χ2v) is 7.05. The van der Waals surface area contributed by atoms with Gasteiger partial charge in [-0.25, -0.2) is 5.01 Å². The highest BCUT2D eigenvalue weighted by Gasteiger charge is 2.33. The Morgan fingerprint density at radius 3 is 2.66 bits per heavy atom. The van der Waals surface area contributed by atoms with Gasteiger partial charge in [-0.1, -0.05) is 44.2 Å². The average Bonchev–Trinajstić information content (AvgIpc) is 3.29. The highest BCUT2D eigenvalue weighted by atomic mass is 16.5. The number of methoxy groups -OCH3 is 1. The molecule has 0 bridgehead atoms. The zero-order valence-electron chi connectivity index (χ0n) is 18.7. The van der Waals surface area contributed by atoms with Gasteiger partial charge in [0.25, 0.3) is 0 Å². The van der Waals surface area contributed by atoms with Crippen LogP contribution >= 0.6 is 0 Å². The van der Waals surface area contributed by atoms with E-state index in [1.165, 1.54) is 0 Å². The Morgan fingerprint density at radius 1 is 1.06 bits per heavy atom. The van der Waals surface area contributed by atoms with E-state index in [4.69, 9.17) is 14.6 Å². The average molecular weight is 430 g/mol. The fraction of sp³-hybridized carbons (Fsp3) is 0.240. The lowest BCUT2D eigenvalue weighted by Gasteiger charge is -2.26. The van der Waals surface area contributed by atoms with Crippen molar-refractivity contribution in [2.45, 2.75) is 33.0 Å². The van der Waals surface area contributed by atoms with E-state index in [0.717, 1.165) is 39.5 Å². The summed E-state index contributed by atoms with van der Waals surface area (Å²) in [5.41, 5.74) is 5.87. The van der Waals surface area contributed by atoms with Gasteiger partial charge in [-0.05, 0) is 37.3 Å². The molecule has 7 nitrogen and oxygen atoms in total. The summed E-state index contributed by atoms with van der Waals surface area (Å²) < 4.78 is 11.6. The van der Waals surface area contributed by atoms with Crippen molar-refractivity contribution >= 4 is 22.5 Å². The van der Waals surface area contributed by atoms with Crippen molar-refractivity contribution in [1.82, 2.24) is 15.4 Å². The van der Waals surface area contributed by atoms with E-state index in [1.807, 2.05) is 92.5 Å². The molecule has 1 N–H and O–H groups in total. The lowest BCUT2D eigenvalue weighted by Crippen LogP contribution is -2.42. The van der Waals surface area contributed by atoms with Crippen molar-refractivity contribution in [1.29, 1.82) is 0 Å². The first-order valence-corrected chi connectivity index (χ1v) is 10.8.